The molecule has 7 nitrogen and oxygen atoms in total. The standard InChI is InChI=1S/C12H15N3O4S/c1-13-20(17,18)12-6-4-10(19-12)7-14-9-3-5-11(16)15(2)8-9/h3-6,8,13-14H,7H2,1-2H3. The molecule has 0 radical (unpaired) electrons. The lowest BCUT2D eigenvalue weighted by molar-refractivity contribution is 0.417. The van der Waals surface area contributed by atoms with Gasteiger partial charge in [0.25, 0.3) is 10.0 Å². The largest absolute Gasteiger partial charge is 0.446 e. The lowest BCUT2D eigenvalue weighted by Gasteiger charge is -2.05. The van der Waals surface area contributed by atoms with Crippen molar-refractivity contribution in [1.29, 1.82) is 0 Å². The van der Waals surface area contributed by atoms with E-state index < -0.39 is 10.0 Å². The first-order valence-electron chi connectivity index (χ1n) is 5.85. The van der Waals surface area contributed by atoms with Crippen LogP contribution >= 0.6 is 0 Å². The summed E-state index contributed by atoms with van der Waals surface area (Å²) in [5, 5.41) is 2.92. The van der Waals surface area contributed by atoms with Crippen LogP contribution in [0.5, 0.6) is 0 Å². The first kappa shape index (κ1) is 14.4. The van der Waals surface area contributed by atoms with Gasteiger partial charge in [-0.2, -0.15) is 0 Å². The van der Waals surface area contributed by atoms with E-state index in [2.05, 4.69) is 10.0 Å². The van der Waals surface area contributed by atoms with Crippen molar-refractivity contribution >= 4 is 15.7 Å². The normalized spacial score (nSPS) is 11.5. The highest BCUT2D eigenvalue weighted by Crippen LogP contribution is 2.14. The molecule has 0 spiro atoms. The number of nitrogens with one attached hydrogen (secondary N) is 2. The maximum absolute atomic E-state index is 11.5. The van der Waals surface area contributed by atoms with Gasteiger partial charge < -0.3 is 14.3 Å². The molecule has 2 rings (SSSR count). The molecule has 8 heteroatoms. The summed E-state index contributed by atoms with van der Waals surface area (Å²) >= 11 is 0. The van der Waals surface area contributed by atoms with Gasteiger partial charge in [0.1, 0.15) is 5.76 Å². The van der Waals surface area contributed by atoms with Gasteiger partial charge in [0, 0.05) is 19.3 Å². The number of rotatable bonds is 5. The molecule has 0 aliphatic carbocycles. The van der Waals surface area contributed by atoms with Crippen LogP contribution in [0.2, 0.25) is 0 Å². The highest BCUT2D eigenvalue weighted by molar-refractivity contribution is 7.89. The lowest BCUT2D eigenvalue weighted by atomic mass is 10.4. The van der Waals surface area contributed by atoms with Gasteiger partial charge in [0.2, 0.25) is 10.7 Å². The highest BCUT2D eigenvalue weighted by atomic mass is 32.2. The minimum absolute atomic E-state index is 0.101. The fraction of sp³-hybridized carbons (Fsp3) is 0.250. The zero-order valence-electron chi connectivity index (χ0n) is 11.1. The van der Waals surface area contributed by atoms with E-state index in [1.807, 2.05) is 0 Å². The number of aromatic nitrogens is 1. The zero-order valence-corrected chi connectivity index (χ0v) is 11.9. The lowest BCUT2D eigenvalue weighted by Crippen LogP contribution is -2.17. The number of hydrogen-bond donors (Lipinski definition) is 2. The quantitative estimate of drug-likeness (QED) is 0.838. The van der Waals surface area contributed by atoms with Crippen molar-refractivity contribution in [3.8, 4) is 0 Å². The first-order chi connectivity index (χ1) is 9.42. The zero-order chi connectivity index (χ0) is 14.8. The maximum Gasteiger partial charge on any atom is 0.273 e. The smallest absolute Gasteiger partial charge is 0.273 e. The molecule has 2 aromatic heterocycles. The topological polar surface area (TPSA) is 93.3 Å². The molecule has 0 atom stereocenters. The summed E-state index contributed by atoms with van der Waals surface area (Å²) in [6, 6.07) is 6.07. The van der Waals surface area contributed by atoms with Crippen LogP contribution in [0.3, 0.4) is 0 Å². The van der Waals surface area contributed by atoms with E-state index in [0.29, 0.717) is 12.3 Å². The monoisotopic (exact) mass is 297 g/mol. The van der Waals surface area contributed by atoms with Gasteiger partial charge in [0.15, 0.2) is 0 Å². The maximum atomic E-state index is 11.5. The molecular weight excluding hydrogens is 282 g/mol. The summed E-state index contributed by atoms with van der Waals surface area (Å²) in [5.41, 5.74) is 0.637. The fourth-order valence-electron chi connectivity index (χ4n) is 1.59. The molecule has 0 amide bonds. The second-order valence-corrected chi connectivity index (χ2v) is 5.97. The van der Waals surface area contributed by atoms with Crippen LogP contribution in [-0.2, 0) is 23.6 Å². The molecule has 2 heterocycles. The summed E-state index contributed by atoms with van der Waals surface area (Å²) in [5.74, 6) is 0.479. The Labute approximate surface area is 116 Å². The third kappa shape index (κ3) is 3.09. The van der Waals surface area contributed by atoms with E-state index in [9.17, 15) is 13.2 Å². The number of sulfonamides is 1. The number of nitrogens with zero attached hydrogens (tertiary/aromatic N) is 1. The molecule has 0 aromatic carbocycles. The minimum Gasteiger partial charge on any atom is -0.446 e. The van der Waals surface area contributed by atoms with Gasteiger partial charge in [-0.3, -0.25) is 4.79 Å². The second kappa shape index (κ2) is 5.51. The van der Waals surface area contributed by atoms with Crippen molar-refractivity contribution in [2.24, 2.45) is 7.05 Å². The van der Waals surface area contributed by atoms with Gasteiger partial charge in [-0.05, 0) is 25.2 Å². The Hall–Kier alpha value is -2.06. The predicted octanol–water partition coefficient (Wildman–Crippen LogP) is 0.498. The molecule has 0 unspecified atom stereocenters. The number of furan rings is 1. The molecule has 0 fully saturated rings. The second-order valence-electron chi connectivity index (χ2n) is 4.15. The van der Waals surface area contributed by atoms with E-state index in [1.165, 1.54) is 23.7 Å². The summed E-state index contributed by atoms with van der Waals surface area (Å²) in [6.45, 7) is 0.317. The van der Waals surface area contributed by atoms with Crippen LogP contribution in [-0.4, -0.2) is 20.0 Å². The summed E-state index contributed by atoms with van der Waals surface area (Å²) < 4.78 is 31.9. The average molecular weight is 297 g/mol. The van der Waals surface area contributed by atoms with E-state index in [1.54, 1.807) is 25.4 Å². The number of hydrogen-bond acceptors (Lipinski definition) is 5. The summed E-state index contributed by atoms with van der Waals surface area (Å²) in [6.07, 6.45) is 1.65. The Morgan fingerprint density at radius 3 is 2.65 bits per heavy atom. The van der Waals surface area contributed by atoms with Gasteiger partial charge in [0.05, 0.1) is 12.2 Å². The van der Waals surface area contributed by atoms with E-state index in [4.69, 9.17) is 4.42 Å². The Morgan fingerprint density at radius 2 is 2.00 bits per heavy atom. The van der Waals surface area contributed by atoms with Gasteiger partial charge in [-0.15, -0.1) is 0 Å². The molecule has 0 aliphatic heterocycles. The first-order valence-corrected chi connectivity index (χ1v) is 7.33. The summed E-state index contributed by atoms with van der Waals surface area (Å²) in [7, 11) is -0.592. The Kier molecular flexibility index (Phi) is 3.96. The van der Waals surface area contributed by atoms with Gasteiger partial charge in [-0.25, -0.2) is 13.1 Å². The van der Waals surface area contributed by atoms with Crippen LogP contribution in [0.4, 0.5) is 5.69 Å². The molecule has 0 bridgehead atoms. The van der Waals surface area contributed by atoms with Crippen LogP contribution in [0, 0.1) is 0 Å². The average Bonchev–Trinajstić information content (AvgIpc) is 2.90. The van der Waals surface area contributed by atoms with Gasteiger partial charge in [-0.1, -0.05) is 0 Å². The van der Waals surface area contributed by atoms with Crippen molar-refractivity contribution in [1.82, 2.24) is 9.29 Å². The Balaban J connectivity index is 2.08. The number of pyridine rings is 1. The van der Waals surface area contributed by atoms with E-state index in [0.717, 1.165) is 5.69 Å². The Morgan fingerprint density at radius 1 is 1.25 bits per heavy atom. The molecular formula is C12H15N3O4S. The SMILES string of the molecule is CNS(=O)(=O)c1ccc(CNc2ccc(=O)n(C)c2)o1. The molecule has 2 aromatic rings. The van der Waals surface area contributed by atoms with Crippen molar-refractivity contribution in [3.05, 3.63) is 46.6 Å². The number of aryl methyl sites for hydroxylation is 1. The third-order valence-corrected chi connectivity index (χ3v) is 4.01. The highest BCUT2D eigenvalue weighted by Gasteiger charge is 2.16. The summed E-state index contributed by atoms with van der Waals surface area (Å²) in [4.78, 5) is 11.2. The van der Waals surface area contributed by atoms with Gasteiger partial charge >= 0.3 is 0 Å². The van der Waals surface area contributed by atoms with Crippen LogP contribution in [0.25, 0.3) is 0 Å². The molecule has 0 aliphatic rings. The van der Waals surface area contributed by atoms with E-state index in [-0.39, 0.29) is 10.7 Å². The molecule has 108 valence electrons. The third-order valence-electron chi connectivity index (χ3n) is 2.72. The molecule has 2 N–H and O–H groups in total. The van der Waals surface area contributed by atoms with Crippen LogP contribution in [0.15, 0.2) is 44.8 Å². The minimum atomic E-state index is -3.56. The van der Waals surface area contributed by atoms with Crippen molar-refractivity contribution in [3.63, 3.8) is 0 Å². The molecule has 0 saturated heterocycles. The van der Waals surface area contributed by atoms with E-state index >= 15 is 0 Å². The Bertz CT molecular complexity index is 761. The van der Waals surface area contributed by atoms with Crippen molar-refractivity contribution in [2.45, 2.75) is 11.6 Å². The van der Waals surface area contributed by atoms with Crippen molar-refractivity contribution < 1.29 is 12.8 Å². The molecule has 0 saturated carbocycles. The number of anilines is 1. The van der Waals surface area contributed by atoms with Crippen LogP contribution in [0.1, 0.15) is 5.76 Å². The molecule has 20 heavy (non-hydrogen) atoms. The fourth-order valence-corrected chi connectivity index (χ4v) is 2.25. The predicted molar refractivity (Wildman–Crippen MR) is 74.0 cm³/mol. The van der Waals surface area contributed by atoms with Crippen molar-refractivity contribution in [2.75, 3.05) is 12.4 Å². The van der Waals surface area contributed by atoms with Crippen LogP contribution < -0.4 is 15.6 Å².